The molecule has 2 aromatic rings. The molecule has 0 aliphatic carbocycles. The Kier molecular flexibility index (Phi) is 5.35. The molecule has 1 aromatic carbocycles. The fourth-order valence-corrected chi connectivity index (χ4v) is 2.08. The van der Waals surface area contributed by atoms with E-state index >= 15 is 0 Å². The number of carbonyl (C=O) groups is 1. The van der Waals surface area contributed by atoms with Gasteiger partial charge >= 0.3 is 0 Å². The molecule has 0 fully saturated rings. The van der Waals surface area contributed by atoms with Crippen LogP contribution in [0.4, 0.5) is 0 Å². The maximum atomic E-state index is 11.9. The Bertz CT molecular complexity index is 684. The van der Waals surface area contributed by atoms with Crippen molar-refractivity contribution in [3.63, 3.8) is 0 Å². The third kappa shape index (κ3) is 4.62. The van der Waals surface area contributed by atoms with Crippen LogP contribution in [-0.4, -0.2) is 12.5 Å². The highest BCUT2D eigenvalue weighted by Gasteiger charge is 2.09. The van der Waals surface area contributed by atoms with E-state index in [9.17, 15) is 4.79 Å². The fourth-order valence-electron chi connectivity index (χ4n) is 1.76. The summed E-state index contributed by atoms with van der Waals surface area (Å²) >= 11 is 3.17. The summed E-state index contributed by atoms with van der Waals surface area (Å²) < 4.78 is 5.80. The van der Waals surface area contributed by atoms with Gasteiger partial charge in [-0.15, -0.1) is 0 Å². The number of nitrogens with zero attached hydrogens (tertiary/aromatic N) is 1. The van der Waals surface area contributed by atoms with Gasteiger partial charge in [-0.3, -0.25) is 4.79 Å². The van der Waals surface area contributed by atoms with Crippen LogP contribution < -0.4 is 5.32 Å². The van der Waals surface area contributed by atoms with E-state index < -0.39 is 5.91 Å². The molecule has 21 heavy (non-hydrogen) atoms. The van der Waals surface area contributed by atoms with Crippen molar-refractivity contribution in [2.45, 2.75) is 6.42 Å². The lowest BCUT2D eigenvalue weighted by Gasteiger charge is -2.04. The van der Waals surface area contributed by atoms with Gasteiger partial charge in [0.1, 0.15) is 17.4 Å². The van der Waals surface area contributed by atoms with Crippen LogP contribution in [0.25, 0.3) is 6.08 Å². The van der Waals surface area contributed by atoms with Gasteiger partial charge in [0.25, 0.3) is 5.91 Å². The van der Waals surface area contributed by atoms with Crippen molar-refractivity contribution in [2.24, 2.45) is 0 Å². The molecule has 0 atom stereocenters. The van der Waals surface area contributed by atoms with E-state index in [1.165, 1.54) is 6.08 Å². The molecule has 0 aliphatic rings. The molecule has 0 unspecified atom stereocenters. The van der Waals surface area contributed by atoms with Crippen LogP contribution in [0.3, 0.4) is 0 Å². The number of nitriles is 1. The molecule has 2 rings (SSSR count). The quantitative estimate of drug-likeness (QED) is 0.668. The van der Waals surface area contributed by atoms with Crippen LogP contribution >= 0.6 is 15.9 Å². The molecular weight excluding hydrogens is 332 g/mol. The van der Waals surface area contributed by atoms with Crippen molar-refractivity contribution in [3.8, 4) is 6.07 Å². The molecule has 4 nitrogen and oxygen atoms in total. The number of halogens is 1. The molecule has 0 spiro atoms. The summed E-state index contributed by atoms with van der Waals surface area (Å²) in [5, 5.41) is 11.8. The highest BCUT2D eigenvalue weighted by atomic mass is 79.9. The number of carbonyl (C=O) groups excluding carboxylic acids is 1. The Labute approximate surface area is 131 Å². The minimum atomic E-state index is -0.402. The Morgan fingerprint density at radius 2 is 2.05 bits per heavy atom. The second kappa shape index (κ2) is 7.46. The lowest BCUT2D eigenvalue weighted by Crippen LogP contribution is -2.26. The molecule has 0 saturated carbocycles. The van der Waals surface area contributed by atoms with E-state index in [-0.39, 0.29) is 5.57 Å². The zero-order chi connectivity index (χ0) is 15.1. The fraction of sp³-hybridized carbons (Fsp3) is 0.125. The molecular formula is C16H13BrN2O2. The molecule has 1 heterocycles. The first-order valence-electron chi connectivity index (χ1n) is 6.38. The smallest absolute Gasteiger partial charge is 0.262 e. The SMILES string of the molecule is N#C/C(=C\c1ccc(Br)o1)C(=O)NCCc1ccccc1. The lowest BCUT2D eigenvalue weighted by molar-refractivity contribution is -0.117. The van der Waals surface area contributed by atoms with Crippen LogP contribution in [-0.2, 0) is 11.2 Å². The van der Waals surface area contributed by atoms with Crippen LogP contribution in [0.15, 0.2) is 57.1 Å². The molecule has 1 aromatic heterocycles. The third-order valence-electron chi connectivity index (χ3n) is 2.79. The van der Waals surface area contributed by atoms with E-state index in [0.717, 1.165) is 12.0 Å². The standard InChI is InChI=1S/C16H13BrN2O2/c17-15-7-6-14(21-15)10-13(11-18)16(20)19-9-8-12-4-2-1-3-5-12/h1-7,10H,8-9H2,(H,19,20)/b13-10+. The van der Waals surface area contributed by atoms with Crippen LogP contribution in [0.1, 0.15) is 11.3 Å². The molecule has 0 radical (unpaired) electrons. The van der Waals surface area contributed by atoms with Gasteiger partial charge < -0.3 is 9.73 Å². The van der Waals surface area contributed by atoms with Gasteiger partial charge in [-0.2, -0.15) is 5.26 Å². The van der Waals surface area contributed by atoms with Gasteiger partial charge in [-0.1, -0.05) is 30.3 Å². The number of nitrogens with one attached hydrogen (secondary N) is 1. The van der Waals surface area contributed by atoms with Crippen LogP contribution in [0, 0.1) is 11.3 Å². The number of hydrogen-bond donors (Lipinski definition) is 1. The van der Waals surface area contributed by atoms with E-state index in [1.54, 1.807) is 12.1 Å². The summed E-state index contributed by atoms with van der Waals surface area (Å²) in [5.74, 6) is 0.0533. The number of furan rings is 1. The van der Waals surface area contributed by atoms with E-state index in [4.69, 9.17) is 9.68 Å². The molecule has 0 saturated heterocycles. The monoisotopic (exact) mass is 344 g/mol. The second-order valence-electron chi connectivity index (χ2n) is 4.30. The van der Waals surface area contributed by atoms with Crippen molar-refractivity contribution in [1.82, 2.24) is 5.32 Å². The summed E-state index contributed by atoms with van der Waals surface area (Å²) in [4.78, 5) is 11.9. The van der Waals surface area contributed by atoms with Gasteiger partial charge in [0.15, 0.2) is 4.67 Å². The van der Waals surface area contributed by atoms with Crippen molar-refractivity contribution in [2.75, 3.05) is 6.54 Å². The summed E-state index contributed by atoms with van der Waals surface area (Å²) in [6.07, 6.45) is 2.14. The number of benzene rings is 1. The predicted molar refractivity (Wildman–Crippen MR) is 83.2 cm³/mol. The van der Waals surface area contributed by atoms with E-state index in [0.29, 0.717) is 17.0 Å². The number of hydrogen-bond acceptors (Lipinski definition) is 3. The minimum Gasteiger partial charge on any atom is -0.450 e. The third-order valence-corrected chi connectivity index (χ3v) is 3.21. The normalized spacial score (nSPS) is 11.0. The molecule has 106 valence electrons. The van der Waals surface area contributed by atoms with Gasteiger partial charge in [0.2, 0.25) is 0 Å². The molecule has 0 bridgehead atoms. The molecule has 5 heteroatoms. The van der Waals surface area contributed by atoms with Gasteiger partial charge in [-0.25, -0.2) is 0 Å². The van der Waals surface area contributed by atoms with Crippen LogP contribution in [0.5, 0.6) is 0 Å². The minimum absolute atomic E-state index is 0.0184. The van der Waals surface area contributed by atoms with Crippen molar-refractivity contribution >= 4 is 27.9 Å². The zero-order valence-electron chi connectivity index (χ0n) is 11.2. The van der Waals surface area contributed by atoms with Crippen molar-refractivity contribution in [1.29, 1.82) is 5.26 Å². The maximum Gasteiger partial charge on any atom is 0.262 e. The topological polar surface area (TPSA) is 66.0 Å². The first kappa shape index (κ1) is 15.1. The first-order valence-corrected chi connectivity index (χ1v) is 7.17. The first-order chi connectivity index (χ1) is 10.2. The lowest BCUT2D eigenvalue weighted by atomic mass is 10.1. The molecule has 0 aliphatic heterocycles. The Morgan fingerprint density at radius 1 is 1.29 bits per heavy atom. The Morgan fingerprint density at radius 3 is 2.67 bits per heavy atom. The van der Waals surface area contributed by atoms with Gasteiger partial charge in [0.05, 0.1) is 0 Å². The van der Waals surface area contributed by atoms with E-state index in [1.807, 2.05) is 36.4 Å². The Hall–Kier alpha value is -2.32. The average Bonchev–Trinajstić information content (AvgIpc) is 2.91. The average molecular weight is 345 g/mol. The van der Waals surface area contributed by atoms with Crippen molar-refractivity contribution in [3.05, 3.63) is 64.0 Å². The van der Waals surface area contributed by atoms with Gasteiger partial charge in [0, 0.05) is 12.6 Å². The molecule has 1 N–H and O–H groups in total. The Balaban J connectivity index is 1.92. The second-order valence-corrected chi connectivity index (χ2v) is 5.08. The highest BCUT2D eigenvalue weighted by Crippen LogP contribution is 2.16. The van der Waals surface area contributed by atoms with Gasteiger partial charge in [-0.05, 0) is 40.0 Å². The number of rotatable bonds is 5. The van der Waals surface area contributed by atoms with Crippen molar-refractivity contribution < 1.29 is 9.21 Å². The van der Waals surface area contributed by atoms with E-state index in [2.05, 4.69) is 21.2 Å². The highest BCUT2D eigenvalue weighted by molar-refractivity contribution is 9.10. The summed E-state index contributed by atoms with van der Waals surface area (Å²) in [7, 11) is 0. The summed E-state index contributed by atoms with van der Waals surface area (Å²) in [6.45, 7) is 0.476. The largest absolute Gasteiger partial charge is 0.450 e. The maximum absolute atomic E-state index is 11.9. The summed E-state index contributed by atoms with van der Waals surface area (Å²) in [5.41, 5.74) is 1.15. The number of amides is 1. The molecule has 1 amide bonds. The predicted octanol–water partition coefficient (Wildman–Crippen LogP) is 3.31. The zero-order valence-corrected chi connectivity index (χ0v) is 12.8. The van der Waals surface area contributed by atoms with Crippen LogP contribution in [0.2, 0.25) is 0 Å². The summed E-state index contributed by atoms with van der Waals surface area (Å²) in [6, 6.07) is 15.1.